The molecule has 1 aromatic carbocycles. The van der Waals surface area contributed by atoms with Crippen molar-refractivity contribution in [1.82, 2.24) is 5.32 Å². The van der Waals surface area contributed by atoms with Crippen LogP contribution < -0.4 is 10.1 Å². The van der Waals surface area contributed by atoms with Crippen molar-refractivity contribution in [2.75, 3.05) is 0 Å². The third-order valence-corrected chi connectivity index (χ3v) is 4.88. The van der Waals surface area contributed by atoms with Crippen molar-refractivity contribution in [3.63, 3.8) is 0 Å². The normalized spacial score (nSPS) is 19.8. The lowest BCUT2D eigenvalue weighted by Crippen LogP contribution is -2.54. The van der Waals surface area contributed by atoms with E-state index in [0.29, 0.717) is 11.3 Å². The number of carboxylic acids is 1. The number of carbonyl (C=O) groups excluding carboxylic acids is 1. The van der Waals surface area contributed by atoms with E-state index in [1.54, 1.807) is 12.1 Å². The van der Waals surface area contributed by atoms with Gasteiger partial charge in [0, 0.05) is 5.56 Å². The first-order valence-electron chi connectivity index (χ1n) is 8.37. The number of carbonyl (C=O) groups is 2. The summed E-state index contributed by atoms with van der Waals surface area (Å²) in [5.41, 5.74) is -0.0530. The molecule has 2 aliphatic carbocycles. The van der Waals surface area contributed by atoms with Gasteiger partial charge in [-0.3, -0.25) is 9.59 Å². The van der Waals surface area contributed by atoms with Crippen LogP contribution in [0.2, 0.25) is 0 Å². The number of carboxylic acid groups (broad SMARTS) is 1. The molecule has 0 spiro atoms. The molecule has 0 heterocycles. The highest BCUT2D eigenvalue weighted by molar-refractivity contribution is 5.95. The summed E-state index contributed by atoms with van der Waals surface area (Å²) < 4.78 is 5.93. The zero-order valence-electron chi connectivity index (χ0n) is 13.2. The second-order valence-corrected chi connectivity index (χ2v) is 6.71. The Morgan fingerprint density at radius 2 is 1.96 bits per heavy atom. The quantitative estimate of drug-likeness (QED) is 0.845. The first-order valence-corrected chi connectivity index (χ1v) is 8.37. The highest BCUT2D eigenvalue weighted by Gasteiger charge is 2.40. The van der Waals surface area contributed by atoms with Gasteiger partial charge >= 0.3 is 5.97 Å². The molecule has 2 aliphatic rings. The van der Waals surface area contributed by atoms with E-state index < -0.39 is 11.5 Å². The standard InChI is InChI=1S/C18H23NO4/c20-16(21)12-18(9-4-10-18)19-17(22)13-5-3-8-15(11-13)23-14-6-1-2-7-14/h3,5,8,11,14H,1-2,4,6-7,9-10,12H2,(H,19,22)(H,20,21). The van der Waals surface area contributed by atoms with Crippen LogP contribution in [-0.2, 0) is 4.79 Å². The summed E-state index contributed by atoms with van der Waals surface area (Å²) in [6.45, 7) is 0. The molecule has 5 nitrogen and oxygen atoms in total. The number of aliphatic carboxylic acids is 1. The summed E-state index contributed by atoms with van der Waals surface area (Å²) >= 11 is 0. The number of hydrogen-bond acceptors (Lipinski definition) is 3. The molecule has 0 atom stereocenters. The Hall–Kier alpha value is -2.04. The van der Waals surface area contributed by atoms with E-state index in [9.17, 15) is 9.59 Å². The Kier molecular flexibility index (Phi) is 4.55. The van der Waals surface area contributed by atoms with Crippen LogP contribution in [-0.4, -0.2) is 28.6 Å². The first kappa shape index (κ1) is 15.8. The lowest BCUT2D eigenvalue weighted by atomic mass is 9.74. The maximum Gasteiger partial charge on any atom is 0.305 e. The molecule has 124 valence electrons. The van der Waals surface area contributed by atoms with E-state index in [1.165, 1.54) is 12.8 Å². The average Bonchev–Trinajstić information content (AvgIpc) is 2.97. The molecular weight excluding hydrogens is 294 g/mol. The molecule has 23 heavy (non-hydrogen) atoms. The van der Waals surface area contributed by atoms with Gasteiger partial charge in [0.25, 0.3) is 5.91 Å². The second-order valence-electron chi connectivity index (χ2n) is 6.71. The van der Waals surface area contributed by atoms with Gasteiger partial charge in [-0.1, -0.05) is 6.07 Å². The van der Waals surface area contributed by atoms with Gasteiger partial charge < -0.3 is 15.2 Å². The molecule has 0 unspecified atom stereocenters. The van der Waals surface area contributed by atoms with Crippen LogP contribution in [0.15, 0.2) is 24.3 Å². The van der Waals surface area contributed by atoms with E-state index >= 15 is 0 Å². The summed E-state index contributed by atoms with van der Waals surface area (Å²) in [6, 6.07) is 7.17. The number of hydrogen-bond donors (Lipinski definition) is 2. The lowest BCUT2D eigenvalue weighted by molar-refractivity contribution is -0.139. The van der Waals surface area contributed by atoms with Gasteiger partial charge in [0.2, 0.25) is 0 Å². The number of nitrogens with one attached hydrogen (secondary N) is 1. The Labute approximate surface area is 136 Å². The van der Waals surface area contributed by atoms with Crippen LogP contribution in [0.25, 0.3) is 0 Å². The molecule has 1 amide bonds. The molecule has 0 saturated heterocycles. The average molecular weight is 317 g/mol. The molecule has 0 bridgehead atoms. The minimum absolute atomic E-state index is 0.0169. The number of ether oxygens (including phenoxy) is 1. The summed E-state index contributed by atoms with van der Waals surface area (Å²) in [5, 5.41) is 12.0. The van der Waals surface area contributed by atoms with Crippen molar-refractivity contribution in [2.45, 2.75) is 63.0 Å². The van der Waals surface area contributed by atoms with Crippen LogP contribution in [0.5, 0.6) is 5.75 Å². The van der Waals surface area contributed by atoms with Crippen molar-refractivity contribution < 1.29 is 19.4 Å². The van der Waals surface area contributed by atoms with Crippen LogP contribution in [0.1, 0.15) is 61.7 Å². The van der Waals surface area contributed by atoms with Crippen molar-refractivity contribution in [2.24, 2.45) is 0 Å². The highest BCUT2D eigenvalue weighted by atomic mass is 16.5. The van der Waals surface area contributed by atoms with Gasteiger partial charge in [0.1, 0.15) is 5.75 Å². The van der Waals surface area contributed by atoms with Gasteiger partial charge in [0.05, 0.1) is 18.1 Å². The van der Waals surface area contributed by atoms with E-state index in [4.69, 9.17) is 9.84 Å². The number of benzene rings is 1. The van der Waals surface area contributed by atoms with Gasteiger partial charge in [-0.05, 0) is 63.1 Å². The van der Waals surface area contributed by atoms with Gasteiger partial charge in [-0.25, -0.2) is 0 Å². The molecule has 2 fully saturated rings. The lowest BCUT2D eigenvalue weighted by Gasteiger charge is -2.41. The van der Waals surface area contributed by atoms with Crippen LogP contribution >= 0.6 is 0 Å². The van der Waals surface area contributed by atoms with E-state index in [0.717, 1.165) is 32.1 Å². The third kappa shape index (κ3) is 3.84. The first-order chi connectivity index (χ1) is 11.1. The summed E-state index contributed by atoms with van der Waals surface area (Å²) in [4.78, 5) is 23.5. The van der Waals surface area contributed by atoms with E-state index in [2.05, 4.69) is 5.32 Å². The molecule has 3 rings (SSSR count). The van der Waals surface area contributed by atoms with Crippen molar-refractivity contribution in [1.29, 1.82) is 0 Å². The van der Waals surface area contributed by atoms with Crippen molar-refractivity contribution >= 4 is 11.9 Å². The largest absolute Gasteiger partial charge is 0.490 e. The van der Waals surface area contributed by atoms with Crippen LogP contribution in [0.3, 0.4) is 0 Å². The predicted molar refractivity (Wildman–Crippen MR) is 85.6 cm³/mol. The minimum atomic E-state index is -0.872. The summed E-state index contributed by atoms with van der Waals surface area (Å²) in [6.07, 6.45) is 7.17. The topological polar surface area (TPSA) is 75.6 Å². The van der Waals surface area contributed by atoms with Crippen LogP contribution in [0, 0.1) is 0 Å². The fourth-order valence-corrected chi connectivity index (χ4v) is 3.46. The maximum absolute atomic E-state index is 12.5. The highest BCUT2D eigenvalue weighted by Crippen LogP contribution is 2.35. The fourth-order valence-electron chi connectivity index (χ4n) is 3.46. The van der Waals surface area contributed by atoms with Crippen molar-refractivity contribution in [3.8, 4) is 5.75 Å². The number of rotatable bonds is 6. The molecule has 1 aromatic rings. The Morgan fingerprint density at radius 3 is 2.57 bits per heavy atom. The molecule has 2 saturated carbocycles. The minimum Gasteiger partial charge on any atom is -0.490 e. The van der Waals surface area contributed by atoms with E-state index in [-0.39, 0.29) is 18.4 Å². The Balaban J connectivity index is 1.65. The molecule has 0 radical (unpaired) electrons. The predicted octanol–water partition coefficient (Wildman–Crippen LogP) is 3.14. The third-order valence-electron chi connectivity index (χ3n) is 4.88. The smallest absolute Gasteiger partial charge is 0.305 e. The SMILES string of the molecule is O=C(O)CC1(NC(=O)c2cccc(OC3CCCC3)c2)CCC1. The summed E-state index contributed by atoms with van der Waals surface area (Å²) in [5.74, 6) is -0.378. The molecule has 0 aliphatic heterocycles. The van der Waals surface area contributed by atoms with Gasteiger partial charge in [-0.2, -0.15) is 0 Å². The number of amides is 1. The molecule has 5 heteroatoms. The monoisotopic (exact) mass is 317 g/mol. The Bertz CT molecular complexity index is 588. The molecule has 0 aromatic heterocycles. The fraction of sp³-hybridized carbons (Fsp3) is 0.556. The zero-order chi connectivity index (χ0) is 16.3. The van der Waals surface area contributed by atoms with Crippen molar-refractivity contribution in [3.05, 3.63) is 29.8 Å². The van der Waals surface area contributed by atoms with Crippen LogP contribution in [0.4, 0.5) is 0 Å². The zero-order valence-corrected chi connectivity index (χ0v) is 13.2. The van der Waals surface area contributed by atoms with Gasteiger partial charge in [-0.15, -0.1) is 0 Å². The van der Waals surface area contributed by atoms with E-state index in [1.807, 2.05) is 12.1 Å². The Morgan fingerprint density at radius 1 is 1.22 bits per heavy atom. The maximum atomic E-state index is 12.5. The second kappa shape index (κ2) is 6.60. The molecule has 2 N–H and O–H groups in total. The molecular formula is C18H23NO4. The summed E-state index contributed by atoms with van der Waals surface area (Å²) in [7, 11) is 0. The van der Waals surface area contributed by atoms with Gasteiger partial charge in [0.15, 0.2) is 0 Å².